The number of nitrogens with one attached hydrogen (secondary N) is 1. The monoisotopic (exact) mass is 380 g/mol. The van der Waals surface area contributed by atoms with E-state index in [-0.39, 0.29) is 5.69 Å². The molecular weight excluding hydrogens is 364 g/mol. The fourth-order valence-electron chi connectivity index (χ4n) is 2.83. The minimum Gasteiger partial charge on any atom is -0.365 e. The van der Waals surface area contributed by atoms with Crippen LogP contribution in [0.5, 0.6) is 0 Å². The predicted octanol–water partition coefficient (Wildman–Crippen LogP) is 4.01. The number of aryl methyl sites for hydroxylation is 2. The van der Waals surface area contributed by atoms with Crippen molar-refractivity contribution in [3.05, 3.63) is 69.1 Å². The van der Waals surface area contributed by atoms with Gasteiger partial charge in [-0.15, -0.1) is 11.3 Å². The van der Waals surface area contributed by atoms with Crippen molar-refractivity contribution in [2.24, 2.45) is 0 Å². The summed E-state index contributed by atoms with van der Waals surface area (Å²) in [6, 6.07) is 8.61. The number of fused-ring (bicyclic) bond motifs is 1. The molecule has 0 amide bonds. The lowest BCUT2D eigenvalue weighted by Gasteiger charge is -2.10. The average Bonchev–Trinajstić information content (AvgIpc) is 3.24. The van der Waals surface area contributed by atoms with Crippen LogP contribution in [-0.4, -0.2) is 24.4 Å². The number of hydrogen-bond donors (Lipinski definition) is 1. The summed E-state index contributed by atoms with van der Waals surface area (Å²) in [5, 5.41) is 15.2. The van der Waals surface area contributed by atoms with E-state index in [1.54, 1.807) is 29.7 Å². The minimum absolute atomic E-state index is 0.0724. The third kappa shape index (κ3) is 3.36. The number of benzene rings is 1. The van der Waals surface area contributed by atoms with Crippen LogP contribution in [0.2, 0.25) is 0 Å². The van der Waals surface area contributed by atoms with Crippen LogP contribution in [0.1, 0.15) is 16.3 Å². The van der Waals surface area contributed by atoms with E-state index in [0.717, 1.165) is 26.5 Å². The van der Waals surface area contributed by atoms with E-state index in [0.29, 0.717) is 18.3 Å². The average molecular weight is 380 g/mol. The summed E-state index contributed by atoms with van der Waals surface area (Å²) in [5.74, 6) is 2.03. The molecule has 0 aliphatic heterocycles. The molecule has 0 aliphatic carbocycles. The first kappa shape index (κ1) is 17.1. The zero-order valence-corrected chi connectivity index (χ0v) is 15.5. The molecule has 8 nitrogen and oxygen atoms in total. The molecule has 0 atom stereocenters. The molecule has 9 heteroatoms. The normalized spacial score (nSPS) is 11.0. The molecule has 1 aromatic carbocycles. The number of imidazole rings is 1. The molecule has 4 aromatic rings. The Balaban J connectivity index is 1.71. The van der Waals surface area contributed by atoms with Gasteiger partial charge in [0.05, 0.1) is 10.3 Å². The molecule has 4 rings (SSSR count). The van der Waals surface area contributed by atoms with E-state index >= 15 is 0 Å². The molecule has 0 bridgehead atoms. The van der Waals surface area contributed by atoms with Gasteiger partial charge in [0.1, 0.15) is 16.5 Å². The summed E-state index contributed by atoms with van der Waals surface area (Å²) in [7, 11) is 0. The second-order valence-electron chi connectivity index (χ2n) is 6.07. The van der Waals surface area contributed by atoms with Gasteiger partial charge in [0.25, 0.3) is 5.69 Å². The SMILES string of the molecule is Cc1cc2c(NCc3cccc([N+](=O)[O-])c3)nc(-n3ccnc3C)nc2s1. The number of aromatic nitrogens is 4. The Morgan fingerprint density at radius 2 is 2.11 bits per heavy atom. The van der Waals surface area contributed by atoms with Crippen LogP contribution in [0, 0.1) is 24.0 Å². The van der Waals surface area contributed by atoms with Crippen molar-refractivity contribution < 1.29 is 4.92 Å². The molecule has 0 spiro atoms. The number of nitrogens with zero attached hydrogens (tertiary/aromatic N) is 5. The number of thiophene rings is 1. The second-order valence-corrected chi connectivity index (χ2v) is 7.31. The van der Waals surface area contributed by atoms with E-state index < -0.39 is 4.92 Å². The first-order valence-corrected chi connectivity index (χ1v) is 9.08. The Labute approximate surface area is 158 Å². The van der Waals surface area contributed by atoms with Crippen LogP contribution in [0.4, 0.5) is 11.5 Å². The number of hydrogen-bond acceptors (Lipinski definition) is 7. The lowest BCUT2D eigenvalue weighted by atomic mass is 10.2. The fraction of sp³-hybridized carbons (Fsp3) is 0.167. The number of nitro benzene ring substituents is 1. The molecule has 3 aromatic heterocycles. The molecule has 3 heterocycles. The van der Waals surface area contributed by atoms with Crippen molar-refractivity contribution in [3.63, 3.8) is 0 Å². The summed E-state index contributed by atoms with van der Waals surface area (Å²) >= 11 is 1.60. The highest BCUT2D eigenvalue weighted by molar-refractivity contribution is 7.18. The molecular formula is C18H16N6O2S. The molecule has 136 valence electrons. The van der Waals surface area contributed by atoms with Gasteiger partial charge in [0, 0.05) is 35.9 Å². The third-order valence-corrected chi connectivity index (χ3v) is 5.07. The second kappa shape index (κ2) is 6.76. The van der Waals surface area contributed by atoms with Crippen LogP contribution >= 0.6 is 11.3 Å². The Morgan fingerprint density at radius 1 is 1.26 bits per heavy atom. The van der Waals surface area contributed by atoms with Crippen molar-refractivity contribution in [1.29, 1.82) is 0 Å². The van der Waals surface area contributed by atoms with Gasteiger partial charge in [-0.05, 0) is 25.5 Å². The van der Waals surface area contributed by atoms with Gasteiger partial charge in [-0.25, -0.2) is 9.97 Å². The summed E-state index contributed by atoms with van der Waals surface area (Å²) in [6.07, 6.45) is 3.53. The van der Waals surface area contributed by atoms with Gasteiger partial charge in [-0.2, -0.15) is 4.98 Å². The standard InChI is InChI=1S/C18H16N6O2S/c1-11-8-15-16(20-10-13-4-3-5-14(9-13)24(25)26)21-18(22-17(15)27-11)23-7-6-19-12(23)2/h3-9H,10H2,1-2H3,(H,20,21,22). The summed E-state index contributed by atoms with van der Waals surface area (Å²) in [6.45, 7) is 4.34. The highest BCUT2D eigenvalue weighted by Gasteiger charge is 2.13. The van der Waals surface area contributed by atoms with Crippen molar-refractivity contribution in [1.82, 2.24) is 19.5 Å². The zero-order chi connectivity index (χ0) is 19.0. The summed E-state index contributed by atoms with van der Waals surface area (Å²) in [4.78, 5) is 26.1. The van der Waals surface area contributed by atoms with Crippen molar-refractivity contribution in [2.45, 2.75) is 20.4 Å². The predicted molar refractivity (Wildman–Crippen MR) is 104 cm³/mol. The first-order chi connectivity index (χ1) is 13.0. The van der Waals surface area contributed by atoms with E-state index in [1.165, 1.54) is 6.07 Å². The maximum absolute atomic E-state index is 11.0. The zero-order valence-electron chi connectivity index (χ0n) is 14.7. The third-order valence-electron chi connectivity index (χ3n) is 4.13. The molecule has 0 saturated carbocycles. The van der Waals surface area contributed by atoms with E-state index in [9.17, 15) is 10.1 Å². The molecule has 27 heavy (non-hydrogen) atoms. The van der Waals surface area contributed by atoms with Gasteiger partial charge in [0.2, 0.25) is 5.95 Å². The molecule has 0 fully saturated rings. The van der Waals surface area contributed by atoms with Crippen molar-refractivity contribution in [3.8, 4) is 5.95 Å². The minimum atomic E-state index is -0.394. The number of anilines is 1. The molecule has 0 radical (unpaired) electrons. The fourth-order valence-corrected chi connectivity index (χ4v) is 3.70. The maximum atomic E-state index is 11.0. The Kier molecular flexibility index (Phi) is 4.28. The van der Waals surface area contributed by atoms with Crippen LogP contribution in [0.3, 0.4) is 0 Å². The number of non-ortho nitro benzene ring substituents is 1. The quantitative estimate of drug-likeness (QED) is 0.415. The van der Waals surface area contributed by atoms with Crippen molar-refractivity contribution in [2.75, 3.05) is 5.32 Å². The highest BCUT2D eigenvalue weighted by Crippen LogP contribution is 2.30. The smallest absolute Gasteiger partial charge is 0.269 e. The maximum Gasteiger partial charge on any atom is 0.269 e. The molecule has 0 unspecified atom stereocenters. The lowest BCUT2D eigenvalue weighted by molar-refractivity contribution is -0.384. The first-order valence-electron chi connectivity index (χ1n) is 8.27. The van der Waals surface area contributed by atoms with Gasteiger partial charge in [-0.1, -0.05) is 12.1 Å². The van der Waals surface area contributed by atoms with Gasteiger partial charge in [0.15, 0.2) is 0 Å². The number of rotatable bonds is 5. The molecule has 0 aliphatic rings. The molecule has 0 saturated heterocycles. The lowest BCUT2D eigenvalue weighted by Crippen LogP contribution is -2.07. The van der Waals surface area contributed by atoms with Crippen LogP contribution in [0.15, 0.2) is 42.7 Å². The summed E-state index contributed by atoms with van der Waals surface area (Å²) < 4.78 is 1.83. The largest absolute Gasteiger partial charge is 0.365 e. The molecule has 1 N–H and O–H groups in total. The summed E-state index contributed by atoms with van der Waals surface area (Å²) in [5.41, 5.74) is 0.881. The van der Waals surface area contributed by atoms with Crippen LogP contribution in [-0.2, 0) is 6.54 Å². The Bertz CT molecular complexity index is 1150. The van der Waals surface area contributed by atoms with E-state index in [1.807, 2.05) is 36.7 Å². The topological polar surface area (TPSA) is 98.8 Å². The van der Waals surface area contributed by atoms with Gasteiger partial charge < -0.3 is 5.32 Å². The Morgan fingerprint density at radius 3 is 2.85 bits per heavy atom. The van der Waals surface area contributed by atoms with E-state index in [2.05, 4.69) is 20.3 Å². The highest BCUT2D eigenvalue weighted by atomic mass is 32.1. The number of nitro groups is 1. The van der Waals surface area contributed by atoms with Crippen LogP contribution in [0.25, 0.3) is 16.2 Å². The van der Waals surface area contributed by atoms with Crippen LogP contribution < -0.4 is 5.32 Å². The van der Waals surface area contributed by atoms with Crippen molar-refractivity contribution >= 4 is 33.1 Å². The van der Waals surface area contributed by atoms with Gasteiger partial charge in [-0.3, -0.25) is 14.7 Å². The Hall–Kier alpha value is -3.33. The van der Waals surface area contributed by atoms with Gasteiger partial charge >= 0.3 is 0 Å². The van der Waals surface area contributed by atoms with E-state index in [4.69, 9.17) is 0 Å².